The lowest BCUT2D eigenvalue weighted by molar-refractivity contribution is -0.384. The Kier molecular flexibility index (Phi) is 4.88. The molecule has 1 aliphatic rings. The van der Waals surface area contributed by atoms with Gasteiger partial charge in [-0.25, -0.2) is 4.68 Å². The van der Waals surface area contributed by atoms with E-state index in [-0.39, 0.29) is 18.0 Å². The quantitative estimate of drug-likeness (QED) is 0.432. The molecular weight excluding hydrogens is 417 g/mol. The fourth-order valence-corrected chi connectivity index (χ4v) is 3.19. The van der Waals surface area contributed by atoms with Gasteiger partial charge in [0.1, 0.15) is 22.8 Å². The standard InChI is InChI=1S/C20H15F3N4O4/c1-19(8-7-14-9-15(27(28)29)5-6-18(14)31-19)12-26-11-17(24-25-26)13-3-2-4-16(10-13)30-20(21,22)23/h2-11H,12H2,1H3. The zero-order chi connectivity index (χ0) is 22.2. The van der Waals surface area contributed by atoms with Crippen LogP contribution in [-0.2, 0) is 6.54 Å². The maximum atomic E-state index is 12.4. The third-order valence-electron chi connectivity index (χ3n) is 4.54. The van der Waals surface area contributed by atoms with Crippen LogP contribution in [0.1, 0.15) is 12.5 Å². The molecule has 0 N–H and O–H groups in total. The van der Waals surface area contributed by atoms with Gasteiger partial charge in [-0.3, -0.25) is 10.1 Å². The molecule has 0 bridgehead atoms. The summed E-state index contributed by atoms with van der Waals surface area (Å²) in [6.07, 6.45) is 0.298. The number of halogens is 3. The first-order valence-corrected chi connectivity index (χ1v) is 9.03. The van der Waals surface area contributed by atoms with Crippen molar-refractivity contribution >= 4 is 11.8 Å². The molecule has 0 aliphatic carbocycles. The van der Waals surface area contributed by atoms with Crippen LogP contribution in [0.5, 0.6) is 11.5 Å². The summed E-state index contributed by atoms with van der Waals surface area (Å²) in [4.78, 5) is 10.4. The predicted molar refractivity (Wildman–Crippen MR) is 103 cm³/mol. The highest BCUT2D eigenvalue weighted by molar-refractivity contribution is 5.64. The number of non-ortho nitro benzene ring substituents is 1. The Morgan fingerprint density at radius 2 is 2.06 bits per heavy atom. The van der Waals surface area contributed by atoms with Crippen molar-refractivity contribution in [3.63, 3.8) is 0 Å². The lowest BCUT2D eigenvalue weighted by atomic mass is 10.00. The van der Waals surface area contributed by atoms with E-state index in [1.165, 1.54) is 41.1 Å². The van der Waals surface area contributed by atoms with Crippen molar-refractivity contribution in [2.45, 2.75) is 25.4 Å². The second-order valence-electron chi connectivity index (χ2n) is 7.10. The molecule has 0 spiro atoms. The second-order valence-corrected chi connectivity index (χ2v) is 7.10. The minimum absolute atomic E-state index is 0.0340. The van der Waals surface area contributed by atoms with Gasteiger partial charge in [0.25, 0.3) is 5.69 Å². The maximum absolute atomic E-state index is 12.4. The van der Waals surface area contributed by atoms with E-state index in [1.807, 2.05) is 6.92 Å². The van der Waals surface area contributed by atoms with E-state index in [4.69, 9.17) is 4.74 Å². The molecule has 3 aromatic rings. The van der Waals surface area contributed by atoms with Crippen LogP contribution in [0.25, 0.3) is 17.3 Å². The molecule has 0 saturated heterocycles. The molecule has 2 aromatic carbocycles. The van der Waals surface area contributed by atoms with Gasteiger partial charge in [0.05, 0.1) is 17.7 Å². The molecule has 1 unspecified atom stereocenters. The summed E-state index contributed by atoms with van der Waals surface area (Å²) in [5, 5.41) is 19.0. The summed E-state index contributed by atoms with van der Waals surface area (Å²) in [5.41, 5.74) is 0.527. The Balaban J connectivity index is 1.51. The summed E-state index contributed by atoms with van der Waals surface area (Å²) in [6, 6.07) is 9.78. The molecule has 1 atom stereocenters. The van der Waals surface area contributed by atoms with Gasteiger partial charge < -0.3 is 9.47 Å². The highest BCUT2D eigenvalue weighted by atomic mass is 19.4. The molecule has 160 valence electrons. The van der Waals surface area contributed by atoms with Crippen LogP contribution in [0.4, 0.5) is 18.9 Å². The van der Waals surface area contributed by atoms with E-state index in [0.717, 1.165) is 0 Å². The van der Waals surface area contributed by atoms with Crippen molar-refractivity contribution < 1.29 is 27.6 Å². The number of nitro groups is 1. The number of hydrogen-bond acceptors (Lipinski definition) is 6. The number of hydrogen-bond donors (Lipinski definition) is 0. The van der Waals surface area contributed by atoms with Crippen LogP contribution < -0.4 is 9.47 Å². The Morgan fingerprint density at radius 3 is 2.81 bits per heavy atom. The zero-order valence-corrected chi connectivity index (χ0v) is 16.0. The van der Waals surface area contributed by atoms with E-state index >= 15 is 0 Å². The maximum Gasteiger partial charge on any atom is 0.573 e. The lowest BCUT2D eigenvalue weighted by Crippen LogP contribution is -2.37. The van der Waals surface area contributed by atoms with Gasteiger partial charge in [-0.1, -0.05) is 23.4 Å². The number of alkyl halides is 3. The third kappa shape index (κ3) is 4.65. The minimum atomic E-state index is -4.79. The van der Waals surface area contributed by atoms with Crippen LogP contribution in [0.3, 0.4) is 0 Å². The molecule has 8 nitrogen and oxygen atoms in total. The SMILES string of the molecule is CC1(Cn2cc(-c3cccc(OC(F)(F)F)c3)nn2)C=Cc2cc([N+](=O)[O-])ccc2O1. The second kappa shape index (κ2) is 7.42. The number of ether oxygens (including phenoxy) is 2. The lowest BCUT2D eigenvalue weighted by Gasteiger charge is -2.31. The number of nitro benzene ring substituents is 1. The number of benzene rings is 2. The van der Waals surface area contributed by atoms with E-state index < -0.39 is 16.9 Å². The zero-order valence-electron chi connectivity index (χ0n) is 16.0. The van der Waals surface area contributed by atoms with Gasteiger partial charge in [0.2, 0.25) is 0 Å². The smallest absolute Gasteiger partial charge is 0.481 e. The molecule has 1 aliphatic heterocycles. The summed E-state index contributed by atoms with van der Waals surface area (Å²) < 4.78 is 48.8. The largest absolute Gasteiger partial charge is 0.573 e. The predicted octanol–water partition coefficient (Wildman–Crippen LogP) is 4.62. The van der Waals surface area contributed by atoms with E-state index in [0.29, 0.717) is 22.6 Å². The van der Waals surface area contributed by atoms with Gasteiger partial charge in [-0.15, -0.1) is 18.3 Å². The number of rotatable bonds is 5. The van der Waals surface area contributed by atoms with E-state index in [9.17, 15) is 23.3 Å². The number of fused-ring (bicyclic) bond motifs is 1. The highest BCUT2D eigenvalue weighted by Gasteiger charge is 2.31. The fourth-order valence-electron chi connectivity index (χ4n) is 3.19. The van der Waals surface area contributed by atoms with Crippen LogP contribution in [-0.4, -0.2) is 31.9 Å². The van der Waals surface area contributed by atoms with Gasteiger partial charge in [0, 0.05) is 23.3 Å². The van der Waals surface area contributed by atoms with Gasteiger partial charge in [-0.2, -0.15) is 0 Å². The average Bonchev–Trinajstić information content (AvgIpc) is 3.14. The normalized spacial score (nSPS) is 17.7. The van der Waals surface area contributed by atoms with Crippen molar-refractivity contribution in [1.82, 2.24) is 15.0 Å². The average molecular weight is 432 g/mol. The van der Waals surface area contributed by atoms with Gasteiger partial charge >= 0.3 is 6.36 Å². The Labute approximate surface area is 173 Å². The molecule has 0 radical (unpaired) electrons. The monoisotopic (exact) mass is 432 g/mol. The van der Waals surface area contributed by atoms with E-state index in [2.05, 4.69) is 15.0 Å². The van der Waals surface area contributed by atoms with Crippen LogP contribution in [0, 0.1) is 10.1 Å². The molecule has 31 heavy (non-hydrogen) atoms. The Bertz CT molecular complexity index is 1180. The first kappa shape index (κ1) is 20.4. The topological polar surface area (TPSA) is 92.3 Å². The van der Waals surface area contributed by atoms with Crippen molar-refractivity contribution in [2.24, 2.45) is 0 Å². The van der Waals surface area contributed by atoms with Crippen LogP contribution >= 0.6 is 0 Å². The molecule has 0 saturated carbocycles. The fraction of sp³-hybridized carbons (Fsp3) is 0.200. The highest BCUT2D eigenvalue weighted by Crippen LogP contribution is 2.34. The Hall–Kier alpha value is -3.89. The molecular formula is C20H15F3N4O4. The summed E-state index contributed by atoms with van der Waals surface area (Å²) in [7, 11) is 0. The van der Waals surface area contributed by atoms with Crippen LogP contribution in [0.2, 0.25) is 0 Å². The molecule has 11 heteroatoms. The van der Waals surface area contributed by atoms with E-state index in [1.54, 1.807) is 24.4 Å². The molecule has 0 amide bonds. The van der Waals surface area contributed by atoms with Crippen molar-refractivity contribution in [2.75, 3.05) is 0 Å². The Morgan fingerprint density at radius 1 is 1.26 bits per heavy atom. The summed E-state index contributed by atoms with van der Waals surface area (Å²) in [5.74, 6) is 0.142. The summed E-state index contributed by atoms with van der Waals surface area (Å²) in [6.45, 7) is 2.07. The molecule has 0 fully saturated rings. The number of aromatic nitrogens is 3. The number of nitrogens with zero attached hydrogens (tertiary/aromatic N) is 4. The van der Waals surface area contributed by atoms with Gasteiger partial charge in [0.15, 0.2) is 0 Å². The van der Waals surface area contributed by atoms with Crippen molar-refractivity contribution in [1.29, 1.82) is 0 Å². The van der Waals surface area contributed by atoms with Crippen LogP contribution in [0.15, 0.2) is 54.7 Å². The summed E-state index contributed by atoms with van der Waals surface area (Å²) >= 11 is 0. The molecule has 2 heterocycles. The molecule has 1 aromatic heterocycles. The minimum Gasteiger partial charge on any atom is -0.481 e. The van der Waals surface area contributed by atoms with Crippen molar-refractivity contribution in [3.8, 4) is 22.8 Å². The van der Waals surface area contributed by atoms with Crippen molar-refractivity contribution in [3.05, 3.63) is 70.4 Å². The first-order chi connectivity index (χ1) is 14.6. The third-order valence-corrected chi connectivity index (χ3v) is 4.54. The van der Waals surface area contributed by atoms with Gasteiger partial charge in [-0.05, 0) is 31.2 Å². The first-order valence-electron chi connectivity index (χ1n) is 9.03. The molecule has 4 rings (SSSR count).